The maximum absolute atomic E-state index is 11.6. The van der Waals surface area contributed by atoms with Gasteiger partial charge in [-0.05, 0) is 13.0 Å². The molecule has 2 N–H and O–H groups in total. The molecule has 5 nitrogen and oxygen atoms in total. The Morgan fingerprint density at radius 2 is 2.06 bits per heavy atom. The van der Waals surface area contributed by atoms with Crippen molar-refractivity contribution in [3.05, 3.63) is 29.8 Å². The van der Waals surface area contributed by atoms with E-state index >= 15 is 0 Å². The summed E-state index contributed by atoms with van der Waals surface area (Å²) >= 11 is 0. The van der Waals surface area contributed by atoms with E-state index in [1.807, 2.05) is 0 Å². The van der Waals surface area contributed by atoms with Gasteiger partial charge in [-0.1, -0.05) is 18.2 Å². The smallest absolute Gasteiger partial charge is 0.328 e. The number of carbonyl (C=O) groups excluding carboxylic acids is 2. The lowest BCUT2D eigenvalue weighted by Crippen LogP contribution is -2.39. The molecule has 0 aliphatic carbocycles. The number of carbonyl (C=O) groups is 2. The molecule has 17 heavy (non-hydrogen) atoms. The first-order chi connectivity index (χ1) is 8.04. The third kappa shape index (κ3) is 3.79. The highest BCUT2D eigenvalue weighted by molar-refractivity contribution is 5.85. The number of phenols is 1. The molecule has 92 valence electrons. The normalized spacial score (nSPS) is 11.6. The average molecular weight is 237 g/mol. The summed E-state index contributed by atoms with van der Waals surface area (Å²) < 4.78 is 4.48. The fraction of sp³-hybridized carbons (Fsp3) is 0.333. The second-order valence-corrected chi connectivity index (χ2v) is 3.62. The Bertz CT molecular complexity index is 417. The van der Waals surface area contributed by atoms with Crippen molar-refractivity contribution < 1.29 is 19.4 Å². The first-order valence-corrected chi connectivity index (χ1v) is 5.18. The third-order valence-electron chi connectivity index (χ3n) is 2.27. The van der Waals surface area contributed by atoms with E-state index in [-0.39, 0.29) is 18.1 Å². The number of ether oxygens (including phenoxy) is 1. The lowest BCUT2D eigenvalue weighted by Gasteiger charge is -2.11. The number of hydrogen-bond acceptors (Lipinski definition) is 4. The van der Waals surface area contributed by atoms with Crippen LogP contribution in [0.1, 0.15) is 12.5 Å². The summed E-state index contributed by atoms with van der Waals surface area (Å²) in [6.07, 6.45) is 0.0218. The Morgan fingerprint density at radius 3 is 2.65 bits per heavy atom. The zero-order valence-corrected chi connectivity index (χ0v) is 9.77. The molecular weight excluding hydrogens is 222 g/mol. The van der Waals surface area contributed by atoms with Crippen LogP contribution in [0.4, 0.5) is 0 Å². The summed E-state index contributed by atoms with van der Waals surface area (Å²) in [7, 11) is 1.26. The summed E-state index contributed by atoms with van der Waals surface area (Å²) in [5.41, 5.74) is 0.516. The molecule has 0 radical (unpaired) electrons. The Labute approximate surface area is 99.4 Å². The van der Waals surface area contributed by atoms with Crippen LogP contribution in [0.25, 0.3) is 0 Å². The van der Waals surface area contributed by atoms with Gasteiger partial charge in [-0.2, -0.15) is 0 Å². The maximum atomic E-state index is 11.6. The minimum Gasteiger partial charge on any atom is -0.508 e. The SMILES string of the molecule is COC(=O)C(C)NC(=O)Cc1ccccc1O. The van der Waals surface area contributed by atoms with E-state index in [9.17, 15) is 14.7 Å². The first kappa shape index (κ1) is 13.0. The highest BCUT2D eigenvalue weighted by Gasteiger charge is 2.16. The Balaban J connectivity index is 2.56. The molecular formula is C12H15NO4. The number of esters is 1. The number of methoxy groups -OCH3 is 1. The van der Waals surface area contributed by atoms with Crippen molar-refractivity contribution in [2.24, 2.45) is 0 Å². The molecule has 0 fully saturated rings. The second-order valence-electron chi connectivity index (χ2n) is 3.62. The van der Waals surface area contributed by atoms with E-state index in [1.165, 1.54) is 20.1 Å². The number of amides is 1. The number of para-hydroxylation sites is 1. The van der Waals surface area contributed by atoms with Crippen LogP contribution >= 0.6 is 0 Å². The van der Waals surface area contributed by atoms with Crippen molar-refractivity contribution >= 4 is 11.9 Å². The fourth-order valence-electron chi connectivity index (χ4n) is 1.36. The molecule has 1 aromatic rings. The number of hydrogen-bond donors (Lipinski definition) is 2. The minimum absolute atomic E-state index is 0.0218. The maximum Gasteiger partial charge on any atom is 0.328 e. The molecule has 0 bridgehead atoms. The Morgan fingerprint density at radius 1 is 1.41 bits per heavy atom. The van der Waals surface area contributed by atoms with E-state index in [2.05, 4.69) is 10.1 Å². The monoisotopic (exact) mass is 237 g/mol. The standard InChI is InChI=1S/C12H15NO4/c1-8(12(16)17-2)13-11(15)7-9-5-3-4-6-10(9)14/h3-6,8,14H,7H2,1-2H3,(H,13,15). The van der Waals surface area contributed by atoms with Crippen molar-refractivity contribution in [2.45, 2.75) is 19.4 Å². The largest absolute Gasteiger partial charge is 0.508 e. The van der Waals surface area contributed by atoms with Crippen LogP contribution in [0.2, 0.25) is 0 Å². The van der Waals surface area contributed by atoms with Crippen molar-refractivity contribution in [3.63, 3.8) is 0 Å². The number of rotatable bonds is 4. The molecule has 5 heteroatoms. The Hall–Kier alpha value is -2.04. The molecule has 1 unspecified atom stereocenters. The van der Waals surface area contributed by atoms with E-state index in [4.69, 9.17) is 0 Å². The number of nitrogens with one attached hydrogen (secondary N) is 1. The molecule has 1 atom stereocenters. The van der Waals surface area contributed by atoms with Gasteiger partial charge in [-0.25, -0.2) is 4.79 Å². The van der Waals surface area contributed by atoms with Gasteiger partial charge >= 0.3 is 5.97 Å². The number of aromatic hydroxyl groups is 1. The lowest BCUT2D eigenvalue weighted by molar-refractivity contribution is -0.144. The summed E-state index contributed by atoms with van der Waals surface area (Å²) in [4.78, 5) is 22.6. The fourth-order valence-corrected chi connectivity index (χ4v) is 1.36. The Kier molecular flexibility index (Phi) is 4.51. The van der Waals surface area contributed by atoms with Gasteiger partial charge in [0.1, 0.15) is 11.8 Å². The van der Waals surface area contributed by atoms with Crippen molar-refractivity contribution in [2.75, 3.05) is 7.11 Å². The van der Waals surface area contributed by atoms with E-state index < -0.39 is 12.0 Å². The molecule has 1 amide bonds. The first-order valence-electron chi connectivity index (χ1n) is 5.18. The van der Waals surface area contributed by atoms with Crippen LogP contribution < -0.4 is 5.32 Å². The zero-order valence-electron chi connectivity index (χ0n) is 9.77. The van der Waals surface area contributed by atoms with Crippen molar-refractivity contribution in [3.8, 4) is 5.75 Å². The average Bonchev–Trinajstić information content (AvgIpc) is 2.31. The molecule has 1 aromatic carbocycles. The topological polar surface area (TPSA) is 75.6 Å². The van der Waals surface area contributed by atoms with Crippen molar-refractivity contribution in [1.82, 2.24) is 5.32 Å². The van der Waals surface area contributed by atoms with Crippen LogP contribution in [0.5, 0.6) is 5.75 Å². The summed E-state index contributed by atoms with van der Waals surface area (Å²) in [5.74, 6) is -0.784. The molecule has 0 saturated carbocycles. The molecule has 0 aliphatic rings. The lowest BCUT2D eigenvalue weighted by atomic mass is 10.1. The minimum atomic E-state index is -0.696. The van der Waals surface area contributed by atoms with E-state index in [0.717, 1.165) is 0 Å². The molecule has 1 rings (SSSR count). The molecule has 0 aliphatic heterocycles. The van der Waals surface area contributed by atoms with E-state index in [1.54, 1.807) is 18.2 Å². The van der Waals surface area contributed by atoms with Gasteiger partial charge in [0.05, 0.1) is 13.5 Å². The molecule has 0 saturated heterocycles. The van der Waals surface area contributed by atoms with Gasteiger partial charge in [0.2, 0.25) is 5.91 Å². The van der Waals surface area contributed by atoms with Crippen molar-refractivity contribution in [1.29, 1.82) is 0 Å². The summed E-state index contributed by atoms with van der Waals surface area (Å²) in [5, 5.41) is 12.0. The number of phenolic OH excluding ortho intramolecular Hbond substituents is 1. The van der Waals surface area contributed by atoms with Gasteiger partial charge < -0.3 is 15.2 Å². The summed E-state index contributed by atoms with van der Waals surface area (Å²) in [6.45, 7) is 1.54. The third-order valence-corrected chi connectivity index (χ3v) is 2.27. The zero-order chi connectivity index (χ0) is 12.8. The van der Waals surface area contributed by atoms with Gasteiger partial charge in [0.15, 0.2) is 0 Å². The van der Waals surface area contributed by atoms with Crippen LogP contribution in [0, 0.1) is 0 Å². The quantitative estimate of drug-likeness (QED) is 0.752. The van der Waals surface area contributed by atoms with Gasteiger partial charge in [0, 0.05) is 5.56 Å². The van der Waals surface area contributed by atoms with Gasteiger partial charge in [-0.3, -0.25) is 4.79 Å². The molecule has 0 heterocycles. The predicted molar refractivity (Wildman–Crippen MR) is 61.4 cm³/mol. The number of benzene rings is 1. The second kappa shape index (κ2) is 5.89. The van der Waals surface area contributed by atoms with Crippen LogP contribution in [0.15, 0.2) is 24.3 Å². The van der Waals surface area contributed by atoms with E-state index in [0.29, 0.717) is 5.56 Å². The molecule has 0 aromatic heterocycles. The summed E-state index contributed by atoms with van der Waals surface area (Å²) in [6, 6.07) is 5.86. The highest BCUT2D eigenvalue weighted by atomic mass is 16.5. The van der Waals surface area contributed by atoms with Gasteiger partial charge in [0.25, 0.3) is 0 Å². The van der Waals surface area contributed by atoms with Gasteiger partial charge in [-0.15, -0.1) is 0 Å². The van der Waals surface area contributed by atoms with Crippen LogP contribution in [-0.2, 0) is 20.7 Å². The molecule has 0 spiro atoms. The van der Waals surface area contributed by atoms with Crippen LogP contribution in [0.3, 0.4) is 0 Å². The van der Waals surface area contributed by atoms with Crippen LogP contribution in [-0.4, -0.2) is 30.1 Å². The highest BCUT2D eigenvalue weighted by Crippen LogP contribution is 2.15. The predicted octanol–water partition coefficient (Wildman–Crippen LogP) is 0.612.